The topological polar surface area (TPSA) is 68.4 Å². The van der Waals surface area contributed by atoms with Gasteiger partial charge < -0.3 is 14.5 Å². The third-order valence-corrected chi connectivity index (χ3v) is 1.92. The average Bonchev–Trinajstić information content (AvgIpc) is 2.60. The molecule has 0 atom stereocenters. The van der Waals surface area contributed by atoms with E-state index in [9.17, 15) is 9.59 Å². The van der Waals surface area contributed by atoms with E-state index in [0.29, 0.717) is 0 Å². The van der Waals surface area contributed by atoms with E-state index in [1.165, 1.54) is 12.1 Å². The van der Waals surface area contributed by atoms with Crippen molar-refractivity contribution in [2.45, 2.75) is 52.7 Å². The van der Waals surface area contributed by atoms with Gasteiger partial charge in [-0.15, -0.1) is 0 Å². The molecule has 0 fully saturated rings. The SMILES string of the molecule is CC(C)(C)OC(=O)c1ccc(C(=O)OC(C)(C)C)[nH]1. The molecule has 0 saturated heterocycles. The fourth-order valence-electron chi connectivity index (χ4n) is 1.30. The number of carbonyl (C=O) groups is 2. The van der Waals surface area contributed by atoms with Crippen molar-refractivity contribution in [1.82, 2.24) is 4.98 Å². The molecule has 1 N–H and O–H groups in total. The fraction of sp³-hybridized carbons (Fsp3) is 0.571. The molecule has 0 aliphatic carbocycles. The van der Waals surface area contributed by atoms with Gasteiger partial charge in [-0.05, 0) is 53.7 Å². The Morgan fingerprint density at radius 1 is 0.842 bits per heavy atom. The molecule has 1 heterocycles. The van der Waals surface area contributed by atoms with Crippen LogP contribution < -0.4 is 0 Å². The lowest BCUT2D eigenvalue weighted by Crippen LogP contribution is -2.25. The van der Waals surface area contributed by atoms with Gasteiger partial charge in [0.1, 0.15) is 22.6 Å². The van der Waals surface area contributed by atoms with E-state index in [2.05, 4.69) is 4.98 Å². The maximum absolute atomic E-state index is 11.8. The average molecular weight is 267 g/mol. The summed E-state index contributed by atoms with van der Waals surface area (Å²) in [7, 11) is 0. The van der Waals surface area contributed by atoms with E-state index in [1.807, 2.05) is 0 Å². The summed E-state index contributed by atoms with van der Waals surface area (Å²) >= 11 is 0. The zero-order valence-electron chi connectivity index (χ0n) is 12.3. The molecule has 106 valence electrons. The lowest BCUT2D eigenvalue weighted by atomic mass is 10.2. The Balaban J connectivity index is 2.77. The zero-order valence-corrected chi connectivity index (χ0v) is 12.3. The van der Waals surface area contributed by atoms with Crippen LogP contribution in [0.2, 0.25) is 0 Å². The third-order valence-electron chi connectivity index (χ3n) is 1.92. The van der Waals surface area contributed by atoms with Crippen molar-refractivity contribution < 1.29 is 19.1 Å². The minimum Gasteiger partial charge on any atom is -0.455 e. The Kier molecular flexibility index (Phi) is 4.08. The summed E-state index contributed by atoms with van der Waals surface area (Å²) in [5.41, 5.74) is -0.686. The first-order valence-electron chi connectivity index (χ1n) is 6.14. The smallest absolute Gasteiger partial charge is 0.355 e. The standard InChI is InChI=1S/C14H21NO4/c1-13(2,3)18-11(16)9-7-8-10(15-9)12(17)19-14(4,5)6/h7-8,15H,1-6H3. The number of esters is 2. The lowest BCUT2D eigenvalue weighted by Gasteiger charge is -2.19. The van der Waals surface area contributed by atoms with Crippen molar-refractivity contribution in [3.63, 3.8) is 0 Å². The highest BCUT2D eigenvalue weighted by molar-refractivity contribution is 5.93. The Bertz CT molecular complexity index is 432. The van der Waals surface area contributed by atoms with E-state index in [1.54, 1.807) is 41.5 Å². The van der Waals surface area contributed by atoms with Crippen LogP contribution in [0.3, 0.4) is 0 Å². The summed E-state index contributed by atoms with van der Waals surface area (Å²) in [5.74, 6) is -0.996. The summed E-state index contributed by atoms with van der Waals surface area (Å²) in [6.07, 6.45) is 0. The van der Waals surface area contributed by atoms with E-state index in [4.69, 9.17) is 9.47 Å². The number of H-pyrrole nitrogens is 1. The number of aromatic amines is 1. The molecule has 0 spiro atoms. The van der Waals surface area contributed by atoms with Gasteiger partial charge >= 0.3 is 11.9 Å². The van der Waals surface area contributed by atoms with Crippen LogP contribution in [0.15, 0.2) is 12.1 Å². The number of carbonyl (C=O) groups excluding carboxylic acids is 2. The van der Waals surface area contributed by atoms with Gasteiger partial charge in [0, 0.05) is 0 Å². The van der Waals surface area contributed by atoms with Crippen LogP contribution in [0.25, 0.3) is 0 Å². The molecule has 0 aromatic carbocycles. The van der Waals surface area contributed by atoms with Crippen LogP contribution in [0.5, 0.6) is 0 Å². The Morgan fingerprint density at radius 2 is 1.16 bits per heavy atom. The molecule has 0 bridgehead atoms. The molecule has 0 aliphatic rings. The van der Waals surface area contributed by atoms with E-state index in [0.717, 1.165) is 0 Å². The third kappa shape index (κ3) is 5.16. The molecule has 1 aromatic heterocycles. The molecular formula is C14H21NO4. The Hall–Kier alpha value is -1.78. The molecule has 5 nitrogen and oxygen atoms in total. The second-order valence-corrected chi connectivity index (χ2v) is 6.29. The number of nitrogens with one attached hydrogen (secondary N) is 1. The summed E-state index contributed by atoms with van der Waals surface area (Å²) in [6, 6.07) is 3.01. The van der Waals surface area contributed by atoms with Crippen molar-refractivity contribution in [1.29, 1.82) is 0 Å². The maximum Gasteiger partial charge on any atom is 0.355 e. The van der Waals surface area contributed by atoms with Crippen LogP contribution >= 0.6 is 0 Å². The number of aromatic nitrogens is 1. The Morgan fingerprint density at radius 3 is 1.42 bits per heavy atom. The normalized spacial score (nSPS) is 12.1. The molecule has 1 rings (SSSR count). The van der Waals surface area contributed by atoms with Crippen molar-refractivity contribution >= 4 is 11.9 Å². The monoisotopic (exact) mass is 267 g/mol. The van der Waals surface area contributed by atoms with Gasteiger partial charge in [0.25, 0.3) is 0 Å². The quantitative estimate of drug-likeness (QED) is 0.836. The summed E-state index contributed by atoms with van der Waals surface area (Å²) in [4.78, 5) is 26.3. The zero-order chi connectivity index (χ0) is 14.8. The highest BCUT2D eigenvalue weighted by Gasteiger charge is 2.22. The molecule has 0 radical (unpaired) electrons. The van der Waals surface area contributed by atoms with Gasteiger partial charge in [-0.2, -0.15) is 0 Å². The van der Waals surface area contributed by atoms with Gasteiger partial charge in [0.2, 0.25) is 0 Å². The largest absolute Gasteiger partial charge is 0.455 e. The van der Waals surface area contributed by atoms with E-state index >= 15 is 0 Å². The van der Waals surface area contributed by atoms with Crippen LogP contribution in [-0.2, 0) is 9.47 Å². The molecule has 0 aliphatic heterocycles. The molecule has 0 amide bonds. The molecule has 0 unspecified atom stereocenters. The van der Waals surface area contributed by atoms with Crippen LogP contribution in [-0.4, -0.2) is 28.1 Å². The van der Waals surface area contributed by atoms with Gasteiger partial charge in [-0.25, -0.2) is 9.59 Å². The first-order valence-corrected chi connectivity index (χ1v) is 6.14. The van der Waals surface area contributed by atoms with Gasteiger partial charge in [0.15, 0.2) is 0 Å². The number of rotatable bonds is 2. The van der Waals surface area contributed by atoms with Gasteiger partial charge in [-0.1, -0.05) is 0 Å². The molecule has 5 heteroatoms. The van der Waals surface area contributed by atoms with Crippen LogP contribution in [0, 0.1) is 0 Å². The Labute approximate surface area is 113 Å². The molecule has 1 aromatic rings. The molecule has 19 heavy (non-hydrogen) atoms. The first kappa shape index (κ1) is 15.3. The van der Waals surface area contributed by atoms with E-state index < -0.39 is 23.1 Å². The van der Waals surface area contributed by atoms with Crippen molar-refractivity contribution in [3.05, 3.63) is 23.5 Å². The second kappa shape index (κ2) is 5.07. The van der Waals surface area contributed by atoms with Crippen molar-refractivity contribution in [3.8, 4) is 0 Å². The predicted molar refractivity (Wildman–Crippen MR) is 71.1 cm³/mol. The number of ether oxygens (including phenoxy) is 2. The summed E-state index contributed by atoms with van der Waals surface area (Å²) < 4.78 is 10.4. The minimum atomic E-state index is -0.575. The molecular weight excluding hydrogens is 246 g/mol. The second-order valence-electron chi connectivity index (χ2n) is 6.29. The minimum absolute atomic E-state index is 0.232. The number of hydrogen-bond donors (Lipinski definition) is 1. The summed E-state index contributed by atoms with van der Waals surface area (Å²) in [6.45, 7) is 10.7. The van der Waals surface area contributed by atoms with Gasteiger partial charge in [0.05, 0.1) is 0 Å². The van der Waals surface area contributed by atoms with Crippen LogP contribution in [0.4, 0.5) is 0 Å². The lowest BCUT2D eigenvalue weighted by molar-refractivity contribution is 0.00624. The van der Waals surface area contributed by atoms with Crippen molar-refractivity contribution in [2.75, 3.05) is 0 Å². The highest BCUT2D eigenvalue weighted by atomic mass is 16.6. The first-order chi connectivity index (χ1) is 8.48. The van der Waals surface area contributed by atoms with Gasteiger partial charge in [-0.3, -0.25) is 0 Å². The predicted octanol–water partition coefficient (Wildman–Crippen LogP) is 2.93. The van der Waals surface area contributed by atoms with Crippen molar-refractivity contribution in [2.24, 2.45) is 0 Å². The molecule has 0 saturated carbocycles. The highest BCUT2D eigenvalue weighted by Crippen LogP contribution is 2.14. The fourth-order valence-corrected chi connectivity index (χ4v) is 1.30. The maximum atomic E-state index is 11.8. The van der Waals surface area contributed by atoms with Crippen LogP contribution in [0.1, 0.15) is 62.5 Å². The number of hydrogen-bond acceptors (Lipinski definition) is 4. The van der Waals surface area contributed by atoms with E-state index in [-0.39, 0.29) is 11.4 Å². The summed E-state index contributed by atoms with van der Waals surface area (Å²) in [5, 5.41) is 0.